The lowest BCUT2D eigenvalue weighted by atomic mass is 10.1. The fourth-order valence-electron chi connectivity index (χ4n) is 3.90. The number of halogens is 1. The van der Waals surface area contributed by atoms with Gasteiger partial charge in [-0.1, -0.05) is 0 Å². The van der Waals surface area contributed by atoms with Crippen molar-refractivity contribution in [1.82, 2.24) is 35.1 Å². The highest BCUT2D eigenvalue weighted by Gasteiger charge is 2.17. The highest BCUT2D eigenvalue weighted by molar-refractivity contribution is 5.96. The van der Waals surface area contributed by atoms with Crippen molar-refractivity contribution < 1.29 is 14.2 Å². The molecule has 0 aliphatic carbocycles. The Morgan fingerprint density at radius 1 is 0.941 bits per heavy atom. The number of methoxy groups -OCH3 is 1. The predicted molar refractivity (Wildman–Crippen MR) is 124 cm³/mol. The fourth-order valence-corrected chi connectivity index (χ4v) is 3.90. The number of fused-ring (bicyclic) bond motifs is 2. The Bertz CT molecular complexity index is 1670. The van der Waals surface area contributed by atoms with Crippen molar-refractivity contribution in [3.8, 4) is 45.4 Å². The van der Waals surface area contributed by atoms with E-state index in [0.717, 1.165) is 22.6 Å². The molecule has 0 saturated carbocycles. The van der Waals surface area contributed by atoms with Crippen LogP contribution in [-0.4, -0.2) is 47.3 Å². The van der Waals surface area contributed by atoms with Gasteiger partial charge in [-0.05, 0) is 30.3 Å². The van der Waals surface area contributed by atoms with Crippen molar-refractivity contribution in [2.45, 2.75) is 0 Å². The molecule has 6 rings (SSSR count). The van der Waals surface area contributed by atoms with Crippen LogP contribution in [0.5, 0.6) is 11.5 Å². The number of benzene rings is 1. The molecule has 0 aliphatic heterocycles. The average Bonchev–Trinajstić information content (AvgIpc) is 3.46. The molecule has 6 aromatic rings. The van der Waals surface area contributed by atoms with Gasteiger partial charge in [-0.15, -0.1) is 0 Å². The second-order valence-electron chi connectivity index (χ2n) is 7.65. The van der Waals surface area contributed by atoms with E-state index in [1.807, 2.05) is 12.1 Å². The zero-order chi connectivity index (χ0) is 23.2. The number of hydrogen-bond acceptors (Lipinski definition) is 7. The number of rotatable bonds is 4. The maximum Gasteiger partial charge on any atom is 0.159 e. The molecule has 0 bridgehead atoms. The summed E-state index contributed by atoms with van der Waals surface area (Å²) in [5.41, 5.74) is 4.95. The lowest BCUT2D eigenvalue weighted by molar-refractivity contribution is 0.413. The fraction of sp³-hybridized carbons (Fsp3) is 0.0417. The first-order valence-electron chi connectivity index (χ1n) is 10.3. The number of aromatic hydroxyl groups is 1. The van der Waals surface area contributed by atoms with Crippen LogP contribution in [0.15, 0.2) is 61.2 Å². The van der Waals surface area contributed by atoms with E-state index < -0.39 is 5.82 Å². The first-order valence-corrected chi connectivity index (χ1v) is 10.3. The van der Waals surface area contributed by atoms with Crippen LogP contribution in [0.1, 0.15) is 0 Å². The number of nitrogens with one attached hydrogen (secondary N) is 2. The van der Waals surface area contributed by atoms with E-state index in [-0.39, 0.29) is 5.75 Å². The van der Waals surface area contributed by atoms with Crippen molar-refractivity contribution in [3.63, 3.8) is 0 Å². The minimum atomic E-state index is -0.562. The largest absolute Gasteiger partial charge is 0.508 e. The number of pyridine rings is 3. The maximum atomic E-state index is 13.9. The number of aromatic amines is 2. The summed E-state index contributed by atoms with van der Waals surface area (Å²) in [5.74, 6) is 0.395. The van der Waals surface area contributed by atoms with E-state index in [0.29, 0.717) is 45.2 Å². The standard InChI is InChI=1S/C24H16FN7O2/c1-34-17-6-13(9-26-11-17)14-7-18-21(31-32-23(18)28-10-14)24-29-19-2-3-27-20(22(19)30-24)12-4-15(25)8-16(33)5-12/h2-11,33H,1H3,(H,29,30)(H,28,31,32). The third-order valence-corrected chi connectivity index (χ3v) is 5.48. The smallest absolute Gasteiger partial charge is 0.159 e. The Morgan fingerprint density at radius 3 is 2.68 bits per heavy atom. The Balaban J connectivity index is 1.49. The van der Waals surface area contributed by atoms with Gasteiger partial charge in [-0.25, -0.2) is 14.4 Å². The summed E-state index contributed by atoms with van der Waals surface area (Å²) >= 11 is 0. The van der Waals surface area contributed by atoms with E-state index in [4.69, 9.17) is 9.72 Å². The van der Waals surface area contributed by atoms with E-state index in [1.165, 1.54) is 12.1 Å². The quantitative estimate of drug-likeness (QED) is 0.359. The van der Waals surface area contributed by atoms with Crippen LogP contribution in [0.4, 0.5) is 4.39 Å². The summed E-state index contributed by atoms with van der Waals surface area (Å²) in [5, 5.41) is 17.9. The highest BCUT2D eigenvalue weighted by Crippen LogP contribution is 2.33. The molecule has 3 N–H and O–H groups in total. The molecule has 0 saturated heterocycles. The van der Waals surface area contributed by atoms with Gasteiger partial charge < -0.3 is 14.8 Å². The van der Waals surface area contributed by atoms with Gasteiger partial charge in [-0.3, -0.25) is 15.1 Å². The van der Waals surface area contributed by atoms with Crippen molar-refractivity contribution in [1.29, 1.82) is 0 Å². The molecule has 0 spiro atoms. The third-order valence-electron chi connectivity index (χ3n) is 5.48. The molecule has 0 radical (unpaired) electrons. The highest BCUT2D eigenvalue weighted by atomic mass is 19.1. The molecule has 166 valence electrons. The number of ether oxygens (including phenoxy) is 1. The van der Waals surface area contributed by atoms with Crippen molar-refractivity contribution in [2.75, 3.05) is 7.11 Å². The molecule has 0 amide bonds. The lowest BCUT2D eigenvalue weighted by Gasteiger charge is -2.04. The summed E-state index contributed by atoms with van der Waals surface area (Å²) in [7, 11) is 1.59. The molecule has 5 heterocycles. The van der Waals surface area contributed by atoms with Crippen LogP contribution in [0, 0.1) is 5.82 Å². The number of hydrogen-bond donors (Lipinski definition) is 3. The van der Waals surface area contributed by atoms with Gasteiger partial charge in [0.25, 0.3) is 0 Å². The van der Waals surface area contributed by atoms with E-state index in [9.17, 15) is 9.50 Å². The van der Waals surface area contributed by atoms with Gasteiger partial charge in [-0.2, -0.15) is 5.10 Å². The molecule has 0 fully saturated rings. The molecule has 0 aliphatic rings. The number of H-pyrrole nitrogens is 2. The monoisotopic (exact) mass is 453 g/mol. The number of nitrogens with zero attached hydrogens (tertiary/aromatic N) is 5. The normalized spacial score (nSPS) is 11.4. The van der Waals surface area contributed by atoms with Gasteiger partial charge in [0.15, 0.2) is 11.5 Å². The third kappa shape index (κ3) is 3.28. The molecule has 34 heavy (non-hydrogen) atoms. The minimum absolute atomic E-state index is 0.187. The van der Waals surface area contributed by atoms with E-state index >= 15 is 0 Å². The van der Waals surface area contributed by atoms with Gasteiger partial charge in [0, 0.05) is 41.3 Å². The van der Waals surface area contributed by atoms with Crippen LogP contribution in [0.25, 0.3) is 56.0 Å². The Labute approximate surface area is 191 Å². The second kappa shape index (κ2) is 7.62. The number of phenols is 1. The number of phenolic OH excluding ortho intramolecular Hbond substituents is 1. The molecule has 10 heteroatoms. The maximum absolute atomic E-state index is 13.9. The van der Waals surface area contributed by atoms with Crippen LogP contribution >= 0.6 is 0 Å². The van der Waals surface area contributed by atoms with Crippen molar-refractivity contribution in [3.05, 3.63) is 67.0 Å². The Kier molecular flexibility index (Phi) is 4.44. The molecule has 0 atom stereocenters. The summed E-state index contributed by atoms with van der Waals surface area (Å²) in [6.07, 6.45) is 6.70. The van der Waals surface area contributed by atoms with Gasteiger partial charge in [0.05, 0.1) is 29.9 Å². The van der Waals surface area contributed by atoms with Crippen molar-refractivity contribution in [2.24, 2.45) is 0 Å². The SMILES string of the molecule is COc1cncc(-c2cnc3[nH]nc(-c4nc5c(-c6cc(O)cc(F)c6)nccc5[nH]4)c3c2)c1. The number of aromatic nitrogens is 7. The minimum Gasteiger partial charge on any atom is -0.508 e. The summed E-state index contributed by atoms with van der Waals surface area (Å²) in [6.45, 7) is 0. The summed E-state index contributed by atoms with van der Waals surface area (Å²) in [6, 6.07) is 9.39. The van der Waals surface area contributed by atoms with Gasteiger partial charge >= 0.3 is 0 Å². The van der Waals surface area contributed by atoms with Gasteiger partial charge in [0.1, 0.15) is 28.5 Å². The first-order chi connectivity index (χ1) is 16.6. The van der Waals surface area contributed by atoms with Crippen molar-refractivity contribution >= 4 is 22.1 Å². The second-order valence-corrected chi connectivity index (χ2v) is 7.65. The Morgan fingerprint density at radius 2 is 1.82 bits per heavy atom. The number of imidazole rings is 1. The first kappa shape index (κ1) is 19.8. The van der Waals surface area contributed by atoms with Gasteiger partial charge in [0.2, 0.25) is 0 Å². The molecular weight excluding hydrogens is 437 g/mol. The van der Waals surface area contributed by atoms with Crippen LogP contribution in [0.3, 0.4) is 0 Å². The van der Waals surface area contributed by atoms with Crippen LogP contribution in [-0.2, 0) is 0 Å². The van der Waals surface area contributed by atoms with Crippen LogP contribution in [0.2, 0.25) is 0 Å². The predicted octanol–water partition coefficient (Wildman–Crippen LogP) is 4.48. The zero-order valence-corrected chi connectivity index (χ0v) is 17.7. The molecule has 0 unspecified atom stereocenters. The topological polar surface area (TPSA) is 125 Å². The Hall–Kier alpha value is -4.86. The van der Waals surface area contributed by atoms with E-state index in [2.05, 4.69) is 30.1 Å². The summed E-state index contributed by atoms with van der Waals surface area (Å²) < 4.78 is 19.2. The molecular formula is C24H16FN7O2. The summed E-state index contributed by atoms with van der Waals surface area (Å²) in [4.78, 5) is 21.0. The van der Waals surface area contributed by atoms with Crippen LogP contribution < -0.4 is 4.74 Å². The molecule has 9 nitrogen and oxygen atoms in total. The zero-order valence-electron chi connectivity index (χ0n) is 17.7. The lowest BCUT2D eigenvalue weighted by Crippen LogP contribution is -1.88. The molecule has 5 aromatic heterocycles. The molecule has 1 aromatic carbocycles. The average molecular weight is 453 g/mol. The van der Waals surface area contributed by atoms with E-state index in [1.54, 1.807) is 38.0 Å².